The van der Waals surface area contributed by atoms with Crippen LogP contribution in [0.25, 0.3) is 0 Å². The lowest BCUT2D eigenvalue weighted by Gasteiger charge is -2.33. The Labute approximate surface area is 152 Å². The molecule has 1 fully saturated rings. The van der Waals surface area contributed by atoms with E-state index in [0.29, 0.717) is 0 Å². The Morgan fingerprint density at radius 2 is 1.44 bits per heavy atom. The monoisotopic (exact) mass is 338 g/mol. The van der Waals surface area contributed by atoms with Crippen LogP contribution in [0.15, 0.2) is 54.6 Å². The fourth-order valence-corrected chi connectivity index (χ4v) is 3.34. The smallest absolute Gasteiger partial charge is 0.119 e. The van der Waals surface area contributed by atoms with Crippen LogP contribution in [0.2, 0.25) is 0 Å². The maximum atomic E-state index is 5.91. The van der Waals surface area contributed by atoms with E-state index in [9.17, 15) is 0 Å². The van der Waals surface area contributed by atoms with Crippen LogP contribution in [-0.4, -0.2) is 55.7 Å². The van der Waals surface area contributed by atoms with Gasteiger partial charge in [0.2, 0.25) is 0 Å². The Bertz CT molecular complexity index is 604. The SMILES string of the molecule is CCN1CCN(CCCOc2ccc(Cc3ccccc3)cc2)CC1. The average molecular weight is 338 g/mol. The molecule has 0 atom stereocenters. The number of nitrogens with zero attached hydrogens (tertiary/aromatic N) is 2. The van der Waals surface area contributed by atoms with Crippen molar-refractivity contribution in [3.8, 4) is 5.75 Å². The summed E-state index contributed by atoms with van der Waals surface area (Å²) < 4.78 is 5.91. The van der Waals surface area contributed by atoms with Gasteiger partial charge in [0, 0.05) is 32.7 Å². The molecule has 0 N–H and O–H groups in total. The Hall–Kier alpha value is -1.84. The van der Waals surface area contributed by atoms with Gasteiger partial charge in [-0.15, -0.1) is 0 Å². The average Bonchev–Trinajstić information content (AvgIpc) is 2.68. The highest BCUT2D eigenvalue weighted by Gasteiger charge is 2.14. The molecule has 1 heterocycles. The molecule has 0 aliphatic carbocycles. The molecule has 2 aromatic rings. The number of likely N-dealkylation sites (N-methyl/N-ethyl adjacent to an activating group) is 1. The maximum Gasteiger partial charge on any atom is 0.119 e. The van der Waals surface area contributed by atoms with Gasteiger partial charge >= 0.3 is 0 Å². The van der Waals surface area contributed by atoms with Gasteiger partial charge in [0.15, 0.2) is 0 Å². The van der Waals surface area contributed by atoms with Crippen LogP contribution < -0.4 is 4.74 Å². The summed E-state index contributed by atoms with van der Waals surface area (Å²) in [5.41, 5.74) is 2.67. The summed E-state index contributed by atoms with van der Waals surface area (Å²) >= 11 is 0. The first-order valence-corrected chi connectivity index (χ1v) is 9.54. The first kappa shape index (κ1) is 18.0. The fourth-order valence-electron chi connectivity index (χ4n) is 3.34. The predicted molar refractivity (Wildman–Crippen MR) is 104 cm³/mol. The van der Waals surface area contributed by atoms with E-state index in [4.69, 9.17) is 4.74 Å². The third-order valence-electron chi connectivity index (χ3n) is 4.97. The third-order valence-corrected chi connectivity index (χ3v) is 4.97. The molecule has 25 heavy (non-hydrogen) atoms. The van der Waals surface area contributed by atoms with E-state index in [1.54, 1.807) is 0 Å². The summed E-state index contributed by atoms with van der Waals surface area (Å²) in [6.45, 7) is 10.2. The van der Waals surface area contributed by atoms with Crippen molar-refractivity contribution in [2.45, 2.75) is 19.8 Å². The van der Waals surface area contributed by atoms with Gasteiger partial charge in [-0.25, -0.2) is 0 Å². The number of hydrogen-bond acceptors (Lipinski definition) is 3. The van der Waals surface area contributed by atoms with Gasteiger partial charge in [0.05, 0.1) is 6.61 Å². The molecule has 0 unspecified atom stereocenters. The number of piperazine rings is 1. The molecule has 134 valence electrons. The lowest BCUT2D eigenvalue weighted by atomic mass is 10.1. The Balaban J connectivity index is 1.35. The number of ether oxygens (including phenoxy) is 1. The van der Waals surface area contributed by atoms with Gasteiger partial charge in [0.1, 0.15) is 5.75 Å². The van der Waals surface area contributed by atoms with Crippen molar-refractivity contribution >= 4 is 0 Å². The number of rotatable bonds is 8. The fraction of sp³-hybridized carbons (Fsp3) is 0.455. The minimum atomic E-state index is 0.798. The lowest BCUT2D eigenvalue weighted by molar-refractivity contribution is 0.130. The quantitative estimate of drug-likeness (QED) is 0.683. The van der Waals surface area contributed by atoms with Crippen LogP contribution in [0.4, 0.5) is 0 Å². The highest BCUT2D eigenvalue weighted by Crippen LogP contribution is 2.15. The zero-order valence-corrected chi connectivity index (χ0v) is 15.4. The van der Waals surface area contributed by atoms with Gasteiger partial charge in [-0.3, -0.25) is 0 Å². The molecular formula is C22H30N2O. The van der Waals surface area contributed by atoms with E-state index in [1.807, 2.05) is 0 Å². The molecule has 0 spiro atoms. The van der Waals surface area contributed by atoms with Crippen molar-refractivity contribution in [2.75, 3.05) is 45.9 Å². The van der Waals surface area contributed by atoms with Gasteiger partial charge in [-0.1, -0.05) is 49.4 Å². The van der Waals surface area contributed by atoms with Crippen molar-refractivity contribution in [1.29, 1.82) is 0 Å². The van der Waals surface area contributed by atoms with E-state index in [1.165, 1.54) is 43.9 Å². The minimum absolute atomic E-state index is 0.798. The zero-order chi connectivity index (χ0) is 17.3. The molecule has 1 aliphatic heterocycles. The van der Waals surface area contributed by atoms with E-state index in [0.717, 1.165) is 31.7 Å². The van der Waals surface area contributed by atoms with E-state index in [2.05, 4.69) is 71.3 Å². The maximum absolute atomic E-state index is 5.91. The van der Waals surface area contributed by atoms with Crippen LogP contribution in [0, 0.1) is 0 Å². The second-order valence-electron chi connectivity index (χ2n) is 6.78. The second-order valence-corrected chi connectivity index (χ2v) is 6.78. The van der Waals surface area contributed by atoms with Gasteiger partial charge < -0.3 is 14.5 Å². The van der Waals surface area contributed by atoms with Crippen molar-refractivity contribution in [3.63, 3.8) is 0 Å². The standard InChI is InChI=1S/C22H30N2O/c1-2-23-14-16-24(17-15-23)13-6-18-25-22-11-9-21(10-12-22)19-20-7-4-3-5-8-20/h3-5,7-12H,2,6,13-19H2,1H3. The van der Waals surface area contributed by atoms with E-state index >= 15 is 0 Å². The highest BCUT2D eigenvalue weighted by atomic mass is 16.5. The summed E-state index contributed by atoms with van der Waals surface area (Å²) in [7, 11) is 0. The number of hydrogen-bond donors (Lipinski definition) is 0. The summed E-state index contributed by atoms with van der Waals surface area (Å²) in [4.78, 5) is 5.07. The van der Waals surface area contributed by atoms with Crippen molar-refractivity contribution in [3.05, 3.63) is 65.7 Å². The first-order valence-electron chi connectivity index (χ1n) is 9.54. The summed E-state index contributed by atoms with van der Waals surface area (Å²) in [6, 6.07) is 19.1. The second kappa shape index (κ2) is 9.59. The first-order chi connectivity index (χ1) is 12.3. The molecule has 0 bridgehead atoms. The Kier molecular flexibility index (Phi) is 6.89. The normalized spacial score (nSPS) is 16.0. The van der Waals surface area contributed by atoms with Crippen LogP contribution in [0.1, 0.15) is 24.5 Å². The minimum Gasteiger partial charge on any atom is -0.494 e. The molecule has 2 aromatic carbocycles. The van der Waals surface area contributed by atoms with Crippen molar-refractivity contribution in [2.24, 2.45) is 0 Å². The van der Waals surface area contributed by atoms with E-state index in [-0.39, 0.29) is 0 Å². The zero-order valence-electron chi connectivity index (χ0n) is 15.4. The predicted octanol–water partition coefficient (Wildman–Crippen LogP) is 3.68. The largest absolute Gasteiger partial charge is 0.494 e. The number of benzene rings is 2. The molecule has 1 saturated heterocycles. The van der Waals surface area contributed by atoms with Gasteiger partial charge in [-0.05, 0) is 42.6 Å². The van der Waals surface area contributed by atoms with Crippen LogP contribution in [0.3, 0.4) is 0 Å². The van der Waals surface area contributed by atoms with Crippen LogP contribution >= 0.6 is 0 Å². The molecule has 3 nitrogen and oxygen atoms in total. The molecule has 0 radical (unpaired) electrons. The highest BCUT2D eigenvalue weighted by molar-refractivity contribution is 5.31. The lowest BCUT2D eigenvalue weighted by Crippen LogP contribution is -2.46. The Morgan fingerprint density at radius 1 is 0.800 bits per heavy atom. The molecule has 3 heteroatoms. The molecule has 1 aliphatic rings. The molecule has 3 rings (SSSR count). The van der Waals surface area contributed by atoms with Gasteiger partial charge in [-0.2, -0.15) is 0 Å². The summed E-state index contributed by atoms with van der Waals surface area (Å²) in [5, 5.41) is 0. The van der Waals surface area contributed by atoms with Gasteiger partial charge in [0.25, 0.3) is 0 Å². The summed E-state index contributed by atoms with van der Waals surface area (Å²) in [5.74, 6) is 0.979. The molecule has 0 amide bonds. The van der Waals surface area contributed by atoms with Crippen molar-refractivity contribution < 1.29 is 4.74 Å². The summed E-state index contributed by atoms with van der Waals surface area (Å²) in [6.07, 6.45) is 2.07. The third kappa shape index (κ3) is 5.87. The molecular weight excluding hydrogens is 308 g/mol. The topological polar surface area (TPSA) is 15.7 Å². The van der Waals surface area contributed by atoms with Crippen LogP contribution in [0.5, 0.6) is 5.75 Å². The van der Waals surface area contributed by atoms with Crippen molar-refractivity contribution in [1.82, 2.24) is 9.80 Å². The molecule has 0 aromatic heterocycles. The van der Waals surface area contributed by atoms with E-state index < -0.39 is 0 Å². The van der Waals surface area contributed by atoms with Crippen LogP contribution in [-0.2, 0) is 6.42 Å². The Morgan fingerprint density at radius 3 is 2.12 bits per heavy atom. The molecule has 0 saturated carbocycles.